The molecule has 2 rings (SSSR count). The molecule has 82 valence electrons. The zero-order valence-corrected chi connectivity index (χ0v) is 9.12. The van der Waals surface area contributed by atoms with Gasteiger partial charge in [-0.2, -0.15) is 0 Å². The van der Waals surface area contributed by atoms with E-state index in [4.69, 9.17) is 9.84 Å². The summed E-state index contributed by atoms with van der Waals surface area (Å²) in [4.78, 5) is 11.9. The number of carbonyl (C=O) groups is 1. The second-order valence-corrected chi connectivity index (χ2v) is 4.34. The highest BCUT2D eigenvalue weighted by atomic mass is 16.5. The molecule has 0 aromatic heterocycles. The molecule has 2 atom stereocenters. The van der Waals surface area contributed by atoms with Crippen molar-refractivity contribution in [2.24, 2.45) is 11.3 Å². The molecule has 1 N–H and O–H groups in total. The normalized spacial score (nSPS) is 32.6. The number of carbonyl (C=O) groups excluding carboxylic acids is 1. The molecule has 0 saturated heterocycles. The second kappa shape index (κ2) is 3.49. The summed E-state index contributed by atoms with van der Waals surface area (Å²) >= 11 is 0. The van der Waals surface area contributed by atoms with E-state index in [1.807, 2.05) is 12.2 Å². The summed E-state index contributed by atoms with van der Waals surface area (Å²) in [6.07, 6.45) is 4.75. The minimum absolute atomic E-state index is 0.0928. The Bertz CT molecular complexity index is 354. The lowest BCUT2D eigenvalue weighted by Gasteiger charge is -2.28. The molecule has 0 fully saturated rings. The van der Waals surface area contributed by atoms with Gasteiger partial charge in [0.05, 0.1) is 12.0 Å². The molecule has 0 aliphatic heterocycles. The molecule has 3 heteroatoms. The van der Waals surface area contributed by atoms with Gasteiger partial charge in [0.25, 0.3) is 0 Å². The predicted octanol–water partition coefficient (Wildman–Crippen LogP) is 1.43. The zero-order chi connectivity index (χ0) is 11.1. The van der Waals surface area contributed by atoms with E-state index in [-0.39, 0.29) is 25.1 Å². The van der Waals surface area contributed by atoms with E-state index >= 15 is 0 Å². The average molecular weight is 208 g/mol. The Morgan fingerprint density at radius 3 is 3.00 bits per heavy atom. The van der Waals surface area contributed by atoms with Crippen molar-refractivity contribution >= 4 is 5.97 Å². The van der Waals surface area contributed by atoms with Crippen LogP contribution in [-0.4, -0.2) is 24.3 Å². The molecule has 2 aliphatic carbocycles. The van der Waals surface area contributed by atoms with E-state index in [1.165, 1.54) is 11.1 Å². The molecule has 0 aromatic carbocycles. The minimum Gasteiger partial charge on any atom is -0.463 e. The molecule has 2 unspecified atom stereocenters. The molecule has 2 aliphatic rings. The van der Waals surface area contributed by atoms with Crippen molar-refractivity contribution in [1.29, 1.82) is 0 Å². The van der Waals surface area contributed by atoms with Crippen molar-refractivity contribution in [2.45, 2.75) is 20.3 Å². The first-order chi connectivity index (χ1) is 7.12. The van der Waals surface area contributed by atoms with Crippen LogP contribution in [0.1, 0.15) is 20.3 Å². The van der Waals surface area contributed by atoms with Crippen LogP contribution in [0.4, 0.5) is 0 Å². The molecular weight excluding hydrogens is 192 g/mol. The Balaban J connectivity index is 2.17. The molecule has 0 spiro atoms. The van der Waals surface area contributed by atoms with Gasteiger partial charge >= 0.3 is 5.97 Å². The summed E-state index contributed by atoms with van der Waals surface area (Å²) < 4.78 is 5.05. The third-order valence-electron chi connectivity index (χ3n) is 3.70. The topological polar surface area (TPSA) is 46.5 Å². The Labute approximate surface area is 89.4 Å². The van der Waals surface area contributed by atoms with Crippen LogP contribution in [0.5, 0.6) is 0 Å². The Morgan fingerprint density at radius 2 is 2.47 bits per heavy atom. The van der Waals surface area contributed by atoms with Crippen LogP contribution in [0.3, 0.4) is 0 Å². The Kier molecular flexibility index (Phi) is 2.43. The van der Waals surface area contributed by atoms with Crippen molar-refractivity contribution in [1.82, 2.24) is 0 Å². The number of rotatable bonds is 3. The van der Waals surface area contributed by atoms with Gasteiger partial charge in [0.2, 0.25) is 0 Å². The maximum absolute atomic E-state index is 11.9. The van der Waals surface area contributed by atoms with Crippen LogP contribution in [0.2, 0.25) is 0 Å². The molecule has 0 heterocycles. The molecule has 3 nitrogen and oxygen atoms in total. The highest BCUT2D eigenvalue weighted by Gasteiger charge is 2.51. The van der Waals surface area contributed by atoms with Gasteiger partial charge in [-0.3, -0.25) is 4.79 Å². The number of hydrogen-bond acceptors (Lipinski definition) is 3. The standard InChI is InChI=1S/C12H16O3/c1-8-9(2)12(4-3-10(8)7-12)11(14)15-6-5-13/h3-4,9,13H,5-7H2,1-2H3. The van der Waals surface area contributed by atoms with E-state index in [0.29, 0.717) is 0 Å². The predicted molar refractivity (Wildman–Crippen MR) is 56.1 cm³/mol. The van der Waals surface area contributed by atoms with E-state index in [9.17, 15) is 4.79 Å². The number of esters is 1. The van der Waals surface area contributed by atoms with Crippen LogP contribution in [-0.2, 0) is 9.53 Å². The van der Waals surface area contributed by atoms with Gasteiger partial charge in [-0.25, -0.2) is 0 Å². The third kappa shape index (κ3) is 1.34. The Morgan fingerprint density at radius 1 is 1.73 bits per heavy atom. The zero-order valence-electron chi connectivity index (χ0n) is 9.12. The summed E-state index contributed by atoms with van der Waals surface area (Å²) in [5, 5.41) is 8.64. The first kappa shape index (κ1) is 10.4. The molecule has 0 aromatic rings. The largest absolute Gasteiger partial charge is 0.463 e. The Hall–Kier alpha value is -1.09. The molecule has 0 radical (unpaired) electrons. The molecule has 0 saturated carbocycles. The first-order valence-corrected chi connectivity index (χ1v) is 5.29. The van der Waals surface area contributed by atoms with Crippen molar-refractivity contribution in [3.05, 3.63) is 23.3 Å². The van der Waals surface area contributed by atoms with Crippen molar-refractivity contribution in [2.75, 3.05) is 13.2 Å². The van der Waals surface area contributed by atoms with Gasteiger partial charge in [0.1, 0.15) is 6.61 Å². The quantitative estimate of drug-likeness (QED) is 0.714. The maximum Gasteiger partial charge on any atom is 0.316 e. The van der Waals surface area contributed by atoms with Crippen molar-refractivity contribution in [3.63, 3.8) is 0 Å². The monoisotopic (exact) mass is 208 g/mol. The van der Waals surface area contributed by atoms with Crippen molar-refractivity contribution in [3.8, 4) is 0 Å². The van der Waals surface area contributed by atoms with Gasteiger partial charge in [-0.05, 0) is 24.8 Å². The lowest BCUT2D eigenvalue weighted by atomic mass is 9.77. The van der Waals surface area contributed by atoms with Gasteiger partial charge in [0, 0.05) is 0 Å². The number of ether oxygens (including phenoxy) is 1. The highest BCUT2D eigenvalue weighted by Crippen LogP contribution is 2.53. The third-order valence-corrected chi connectivity index (χ3v) is 3.70. The fourth-order valence-corrected chi connectivity index (χ4v) is 2.50. The number of aliphatic hydroxyl groups is 1. The fraction of sp³-hybridized carbons (Fsp3) is 0.583. The number of fused-ring (bicyclic) bond motifs is 2. The van der Waals surface area contributed by atoms with E-state index in [1.54, 1.807) is 0 Å². The van der Waals surface area contributed by atoms with Gasteiger partial charge in [-0.1, -0.05) is 24.6 Å². The minimum atomic E-state index is -0.478. The summed E-state index contributed by atoms with van der Waals surface area (Å²) in [6.45, 7) is 4.12. The highest BCUT2D eigenvalue weighted by molar-refractivity contribution is 5.83. The van der Waals surface area contributed by atoms with E-state index < -0.39 is 5.41 Å². The average Bonchev–Trinajstić information content (AvgIpc) is 2.77. The SMILES string of the molecule is CC1=C2C=CC(C(=O)OCCO)(C2)C1C. The number of aliphatic hydroxyl groups excluding tert-OH is 1. The maximum atomic E-state index is 11.9. The molecule has 0 amide bonds. The lowest BCUT2D eigenvalue weighted by molar-refractivity contribution is -0.155. The van der Waals surface area contributed by atoms with Gasteiger partial charge in [-0.15, -0.1) is 0 Å². The molecule has 2 bridgehead atoms. The second-order valence-electron chi connectivity index (χ2n) is 4.34. The van der Waals surface area contributed by atoms with Crippen LogP contribution in [0.25, 0.3) is 0 Å². The van der Waals surface area contributed by atoms with E-state index in [2.05, 4.69) is 13.8 Å². The summed E-state index contributed by atoms with van der Waals surface area (Å²) in [5.74, 6) is 0.0239. The lowest BCUT2D eigenvalue weighted by Crippen LogP contribution is -2.34. The summed E-state index contributed by atoms with van der Waals surface area (Å²) in [6, 6.07) is 0. The number of allylic oxidation sites excluding steroid dienone is 3. The van der Waals surface area contributed by atoms with Gasteiger partial charge < -0.3 is 9.84 Å². The fourth-order valence-electron chi connectivity index (χ4n) is 2.50. The van der Waals surface area contributed by atoms with Crippen LogP contribution >= 0.6 is 0 Å². The van der Waals surface area contributed by atoms with Gasteiger partial charge in [0.15, 0.2) is 0 Å². The smallest absolute Gasteiger partial charge is 0.316 e. The van der Waals surface area contributed by atoms with E-state index in [0.717, 1.165) is 6.42 Å². The number of hydrogen-bond donors (Lipinski definition) is 1. The summed E-state index contributed by atoms with van der Waals surface area (Å²) in [5.41, 5.74) is 2.08. The molecular formula is C12H16O3. The molecule has 15 heavy (non-hydrogen) atoms. The summed E-state index contributed by atoms with van der Waals surface area (Å²) in [7, 11) is 0. The van der Waals surface area contributed by atoms with Crippen LogP contribution < -0.4 is 0 Å². The van der Waals surface area contributed by atoms with Crippen LogP contribution in [0.15, 0.2) is 23.3 Å². The first-order valence-electron chi connectivity index (χ1n) is 5.29. The van der Waals surface area contributed by atoms with Crippen LogP contribution in [0, 0.1) is 11.3 Å². The van der Waals surface area contributed by atoms with Crippen molar-refractivity contribution < 1.29 is 14.6 Å².